The Morgan fingerprint density at radius 2 is 2.19 bits per heavy atom. The Morgan fingerprint density at radius 1 is 1.50 bits per heavy atom. The van der Waals surface area contributed by atoms with Gasteiger partial charge in [0.15, 0.2) is 5.82 Å². The van der Waals surface area contributed by atoms with Crippen LogP contribution in [0.3, 0.4) is 0 Å². The van der Waals surface area contributed by atoms with E-state index in [1.165, 1.54) is 16.9 Å². The molecule has 16 heavy (non-hydrogen) atoms. The summed E-state index contributed by atoms with van der Waals surface area (Å²) in [6.45, 7) is 0. The fourth-order valence-electron chi connectivity index (χ4n) is 1.41. The number of nitrogen functional groups attached to an aromatic ring is 1. The molecule has 6 heteroatoms. The van der Waals surface area contributed by atoms with Crippen LogP contribution in [0, 0.1) is 5.82 Å². The molecule has 84 valence electrons. The zero-order valence-electron chi connectivity index (χ0n) is 8.34. The van der Waals surface area contributed by atoms with Gasteiger partial charge in [-0.05, 0) is 12.1 Å². The van der Waals surface area contributed by atoms with Gasteiger partial charge in [-0.3, -0.25) is 4.68 Å². The van der Waals surface area contributed by atoms with Crippen molar-refractivity contribution >= 4 is 33.3 Å². The minimum atomic E-state index is -0.504. The van der Waals surface area contributed by atoms with Crippen molar-refractivity contribution < 1.29 is 4.39 Å². The largest absolute Gasteiger partial charge is 0.383 e. The molecule has 1 aromatic heterocycles. The standard InChI is InChI=1S/C10H8BrClFN3/c1-16-10(14)5(4-15-16)8-6(11)2-3-7(12)9(8)13/h2-4H,14H2,1H3. The van der Waals surface area contributed by atoms with Gasteiger partial charge in [-0.1, -0.05) is 27.5 Å². The van der Waals surface area contributed by atoms with Crippen LogP contribution in [-0.2, 0) is 7.05 Å². The first-order chi connectivity index (χ1) is 7.52. The number of benzene rings is 1. The fraction of sp³-hybridized carbons (Fsp3) is 0.100. The van der Waals surface area contributed by atoms with Crippen LogP contribution in [0.1, 0.15) is 0 Å². The summed E-state index contributed by atoms with van der Waals surface area (Å²) in [4.78, 5) is 0. The zero-order chi connectivity index (χ0) is 11.9. The van der Waals surface area contributed by atoms with Gasteiger partial charge in [-0.2, -0.15) is 5.10 Å². The molecule has 0 atom stereocenters. The molecule has 0 unspecified atom stereocenters. The molecular weight excluding hydrogens is 296 g/mol. The molecule has 0 bridgehead atoms. The van der Waals surface area contributed by atoms with Gasteiger partial charge >= 0.3 is 0 Å². The Balaban J connectivity index is 2.73. The first kappa shape index (κ1) is 11.4. The molecule has 0 aliphatic heterocycles. The molecular formula is C10H8BrClFN3. The maximum absolute atomic E-state index is 13.9. The number of halogens is 3. The van der Waals surface area contributed by atoms with Gasteiger partial charge in [0, 0.05) is 22.6 Å². The van der Waals surface area contributed by atoms with E-state index in [1.54, 1.807) is 13.1 Å². The van der Waals surface area contributed by atoms with Crippen molar-refractivity contribution in [1.82, 2.24) is 9.78 Å². The summed E-state index contributed by atoms with van der Waals surface area (Å²) in [7, 11) is 1.69. The molecule has 2 aromatic rings. The van der Waals surface area contributed by atoms with Crippen LogP contribution < -0.4 is 5.73 Å². The average Bonchev–Trinajstić information content (AvgIpc) is 2.56. The summed E-state index contributed by atoms with van der Waals surface area (Å²) in [5.74, 6) is -0.113. The van der Waals surface area contributed by atoms with Gasteiger partial charge in [0.05, 0.1) is 11.2 Å². The molecule has 0 amide bonds. The molecule has 1 heterocycles. The van der Waals surface area contributed by atoms with Crippen LogP contribution in [0.15, 0.2) is 22.8 Å². The predicted molar refractivity (Wildman–Crippen MR) is 65.7 cm³/mol. The average molecular weight is 305 g/mol. The molecule has 0 radical (unpaired) electrons. The monoisotopic (exact) mass is 303 g/mol. The lowest BCUT2D eigenvalue weighted by Gasteiger charge is -2.06. The predicted octanol–water partition coefficient (Wildman–Crippen LogP) is 3.22. The summed E-state index contributed by atoms with van der Waals surface area (Å²) >= 11 is 9.00. The van der Waals surface area contributed by atoms with E-state index >= 15 is 0 Å². The molecule has 0 fully saturated rings. The third-order valence-corrected chi connectivity index (χ3v) is 3.25. The van der Waals surface area contributed by atoms with Crippen molar-refractivity contribution in [1.29, 1.82) is 0 Å². The zero-order valence-corrected chi connectivity index (χ0v) is 10.7. The highest BCUT2D eigenvalue weighted by atomic mass is 79.9. The maximum Gasteiger partial charge on any atom is 0.150 e. The maximum atomic E-state index is 13.9. The third kappa shape index (κ3) is 1.70. The van der Waals surface area contributed by atoms with E-state index in [-0.39, 0.29) is 5.02 Å². The van der Waals surface area contributed by atoms with Gasteiger partial charge in [-0.25, -0.2) is 4.39 Å². The number of aromatic nitrogens is 2. The summed E-state index contributed by atoms with van der Waals surface area (Å²) in [5, 5.41) is 4.02. The molecule has 2 N–H and O–H groups in total. The second-order valence-electron chi connectivity index (χ2n) is 3.29. The van der Waals surface area contributed by atoms with Crippen LogP contribution in [0.5, 0.6) is 0 Å². The third-order valence-electron chi connectivity index (χ3n) is 2.30. The fourth-order valence-corrected chi connectivity index (χ4v) is 2.09. The number of rotatable bonds is 1. The summed E-state index contributed by atoms with van der Waals surface area (Å²) in [6.07, 6.45) is 1.51. The molecule has 1 aromatic carbocycles. The topological polar surface area (TPSA) is 43.8 Å². The van der Waals surface area contributed by atoms with Crippen LogP contribution in [0.4, 0.5) is 10.2 Å². The molecule has 0 saturated carbocycles. The minimum Gasteiger partial charge on any atom is -0.383 e. The highest BCUT2D eigenvalue weighted by Gasteiger charge is 2.17. The van der Waals surface area contributed by atoms with E-state index in [2.05, 4.69) is 21.0 Å². The van der Waals surface area contributed by atoms with Crippen LogP contribution >= 0.6 is 27.5 Å². The SMILES string of the molecule is Cn1ncc(-c2c(Br)ccc(Cl)c2F)c1N. The van der Waals surface area contributed by atoms with Crippen LogP contribution in [0.25, 0.3) is 11.1 Å². The van der Waals surface area contributed by atoms with E-state index < -0.39 is 5.82 Å². The first-order valence-corrected chi connectivity index (χ1v) is 5.60. The minimum absolute atomic E-state index is 0.0569. The Bertz CT molecular complexity index is 553. The number of nitrogens with two attached hydrogens (primary N) is 1. The van der Waals surface area contributed by atoms with Gasteiger partial charge < -0.3 is 5.73 Å². The summed E-state index contributed by atoms with van der Waals surface area (Å²) in [6, 6.07) is 3.16. The Hall–Kier alpha value is -1.07. The van der Waals surface area contributed by atoms with Crippen molar-refractivity contribution in [2.24, 2.45) is 7.05 Å². The summed E-state index contributed by atoms with van der Waals surface area (Å²) < 4.78 is 15.9. The Labute approximate surface area is 105 Å². The van der Waals surface area contributed by atoms with Crippen molar-refractivity contribution in [3.05, 3.63) is 33.6 Å². The van der Waals surface area contributed by atoms with E-state index in [1.807, 2.05) is 0 Å². The second kappa shape index (κ2) is 4.07. The lowest BCUT2D eigenvalue weighted by atomic mass is 10.1. The Kier molecular flexibility index (Phi) is 2.90. The van der Waals surface area contributed by atoms with Crippen molar-refractivity contribution in [2.75, 3.05) is 5.73 Å². The number of hydrogen-bond donors (Lipinski definition) is 1. The number of aryl methyl sites for hydroxylation is 1. The van der Waals surface area contributed by atoms with Crippen LogP contribution in [0.2, 0.25) is 5.02 Å². The normalized spacial score (nSPS) is 10.8. The first-order valence-electron chi connectivity index (χ1n) is 4.43. The number of nitrogens with zero attached hydrogens (tertiary/aromatic N) is 2. The van der Waals surface area contributed by atoms with E-state index in [0.29, 0.717) is 21.4 Å². The van der Waals surface area contributed by atoms with Crippen molar-refractivity contribution in [3.63, 3.8) is 0 Å². The Morgan fingerprint density at radius 3 is 2.75 bits per heavy atom. The summed E-state index contributed by atoms with van der Waals surface area (Å²) in [5.41, 5.74) is 6.65. The molecule has 2 rings (SSSR count). The highest BCUT2D eigenvalue weighted by Crippen LogP contribution is 2.36. The van der Waals surface area contributed by atoms with Gasteiger partial charge in [0.1, 0.15) is 5.82 Å². The number of hydrogen-bond acceptors (Lipinski definition) is 2. The van der Waals surface area contributed by atoms with E-state index in [4.69, 9.17) is 17.3 Å². The van der Waals surface area contributed by atoms with Crippen molar-refractivity contribution in [2.45, 2.75) is 0 Å². The van der Waals surface area contributed by atoms with Gasteiger partial charge in [0.2, 0.25) is 0 Å². The lowest BCUT2D eigenvalue weighted by molar-refractivity contribution is 0.631. The molecule has 0 aliphatic carbocycles. The molecule has 0 aliphatic rings. The van der Waals surface area contributed by atoms with E-state index in [9.17, 15) is 4.39 Å². The number of anilines is 1. The molecule has 0 saturated heterocycles. The van der Waals surface area contributed by atoms with Crippen LogP contribution in [-0.4, -0.2) is 9.78 Å². The van der Waals surface area contributed by atoms with Crippen molar-refractivity contribution in [3.8, 4) is 11.1 Å². The highest BCUT2D eigenvalue weighted by molar-refractivity contribution is 9.10. The van der Waals surface area contributed by atoms with Gasteiger partial charge in [0.25, 0.3) is 0 Å². The smallest absolute Gasteiger partial charge is 0.150 e. The second-order valence-corrected chi connectivity index (χ2v) is 4.55. The van der Waals surface area contributed by atoms with E-state index in [0.717, 1.165) is 0 Å². The lowest BCUT2D eigenvalue weighted by Crippen LogP contribution is -1.99. The molecule has 0 spiro atoms. The van der Waals surface area contributed by atoms with Gasteiger partial charge in [-0.15, -0.1) is 0 Å². The quantitative estimate of drug-likeness (QED) is 0.822. The molecule has 3 nitrogen and oxygen atoms in total.